The van der Waals surface area contributed by atoms with Crippen molar-refractivity contribution >= 4 is 5.96 Å². The SMILES string of the molecule is CC(C)N=C(N)n1cc(F)ccc1=N. The first-order valence-corrected chi connectivity index (χ1v) is 4.27. The topological polar surface area (TPSA) is 67.2 Å². The molecule has 0 atom stereocenters. The number of nitrogens with one attached hydrogen (secondary N) is 1. The minimum atomic E-state index is -0.442. The van der Waals surface area contributed by atoms with Crippen LogP contribution in [0.3, 0.4) is 0 Å². The van der Waals surface area contributed by atoms with Crippen LogP contribution in [-0.4, -0.2) is 16.6 Å². The summed E-state index contributed by atoms with van der Waals surface area (Å²) in [5.41, 5.74) is 5.70. The van der Waals surface area contributed by atoms with Crippen LogP contribution in [-0.2, 0) is 0 Å². The van der Waals surface area contributed by atoms with E-state index < -0.39 is 5.82 Å². The summed E-state index contributed by atoms with van der Waals surface area (Å²) in [7, 11) is 0. The third-order valence-electron chi connectivity index (χ3n) is 1.55. The maximum Gasteiger partial charge on any atom is 0.201 e. The van der Waals surface area contributed by atoms with Crippen molar-refractivity contribution < 1.29 is 4.39 Å². The molecule has 0 radical (unpaired) electrons. The van der Waals surface area contributed by atoms with Gasteiger partial charge in [-0.25, -0.2) is 9.38 Å². The summed E-state index contributed by atoms with van der Waals surface area (Å²) in [6.07, 6.45) is 1.14. The van der Waals surface area contributed by atoms with E-state index in [4.69, 9.17) is 11.1 Å². The number of hydrogen-bond donors (Lipinski definition) is 2. The summed E-state index contributed by atoms with van der Waals surface area (Å²) in [4.78, 5) is 4.02. The van der Waals surface area contributed by atoms with Gasteiger partial charge in [0.15, 0.2) is 0 Å². The highest BCUT2D eigenvalue weighted by molar-refractivity contribution is 5.80. The molecule has 0 unspecified atom stereocenters. The summed E-state index contributed by atoms with van der Waals surface area (Å²) < 4.78 is 14.0. The highest BCUT2D eigenvalue weighted by Gasteiger charge is 2.00. The molecule has 0 saturated carbocycles. The monoisotopic (exact) mass is 196 g/mol. The minimum absolute atomic E-state index is 0.0187. The van der Waals surface area contributed by atoms with Crippen LogP contribution in [0.1, 0.15) is 13.8 Å². The van der Waals surface area contributed by atoms with Crippen LogP contribution in [0.2, 0.25) is 0 Å². The van der Waals surface area contributed by atoms with Crippen LogP contribution >= 0.6 is 0 Å². The molecule has 5 heteroatoms. The Bertz CT molecular complexity index is 406. The highest BCUT2D eigenvalue weighted by Crippen LogP contribution is 1.92. The van der Waals surface area contributed by atoms with Gasteiger partial charge >= 0.3 is 0 Å². The van der Waals surface area contributed by atoms with Gasteiger partial charge in [0.05, 0.1) is 0 Å². The van der Waals surface area contributed by atoms with Crippen molar-refractivity contribution in [1.82, 2.24) is 4.57 Å². The largest absolute Gasteiger partial charge is 0.369 e. The zero-order valence-electron chi connectivity index (χ0n) is 8.16. The lowest BCUT2D eigenvalue weighted by atomic mass is 10.4. The fourth-order valence-electron chi connectivity index (χ4n) is 0.991. The van der Waals surface area contributed by atoms with E-state index >= 15 is 0 Å². The molecule has 1 aromatic rings. The Morgan fingerprint density at radius 3 is 2.79 bits per heavy atom. The second kappa shape index (κ2) is 4.04. The second-order valence-corrected chi connectivity index (χ2v) is 3.18. The smallest absolute Gasteiger partial charge is 0.201 e. The van der Waals surface area contributed by atoms with Gasteiger partial charge in [0.1, 0.15) is 11.3 Å². The number of rotatable bonds is 1. The minimum Gasteiger partial charge on any atom is -0.369 e. The Hall–Kier alpha value is -1.65. The van der Waals surface area contributed by atoms with Gasteiger partial charge in [0.25, 0.3) is 0 Å². The molecule has 0 aliphatic heterocycles. The molecule has 0 aromatic carbocycles. The molecule has 76 valence electrons. The summed E-state index contributed by atoms with van der Waals surface area (Å²) in [6.45, 7) is 3.71. The standard InChI is InChI=1S/C9H13FN4/c1-6(2)13-9(12)14-5-7(10)3-4-8(14)11/h3-6,11H,1-2H3,(H2,12,13). The number of nitrogens with two attached hydrogens (primary N) is 1. The van der Waals surface area contributed by atoms with Crippen LogP contribution in [0.15, 0.2) is 23.3 Å². The molecule has 0 saturated heterocycles. The van der Waals surface area contributed by atoms with Crippen molar-refractivity contribution in [2.45, 2.75) is 19.9 Å². The molecule has 0 aliphatic carbocycles. The molecule has 0 spiro atoms. The van der Waals surface area contributed by atoms with Gasteiger partial charge in [-0.2, -0.15) is 0 Å². The quantitative estimate of drug-likeness (QED) is 0.503. The normalized spacial score (nSPS) is 12.1. The number of nitrogens with zero attached hydrogens (tertiary/aromatic N) is 2. The lowest BCUT2D eigenvalue weighted by Crippen LogP contribution is -2.33. The van der Waals surface area contributed by atoms with Crippen molar-refractivity contribution in [2.75, 3.05) is 0 Å². The fourth-order valence-corrected chi connectivity index (χ4v) is 0.991. The maximum atomic E-state index is 12.8. The zero-order valence-corrected chi connectivity index (χ0v) is 8.16. The van der Waals surface area contributed by atoms with Crippen molar-refractivity contribution in [1.29, 1.82) is 5.41 Å². The third kappa shape index (κ3) is 2.42. The van der Waals surface area contributed by atoms with Crippen molar-refractivity contribution in [3.63, 3.8) is 0 Å². The van der Waals surface area contributed by atoms with Crippen LogP contribution in [0, 0.1) is 11.2 Å². The predicted molar refractivity (Wildman–Crippen MR) is 52.4 cm³/mol. The van der Waals surface area contributed by atoms with Crippen molar-refractivity contribution in [3.8, 4) is 0 Å². The van der Waals surface area contributed by atoms with Gasteiger partial charge in [0, 0.05) is 12.2 Å². The van der Waals surface area contributed by atoms with E-state index in [2.05, 4.69) is 4.99 Å². The lowest BCUT2D eigenvalue weighted by molar-refractivity contribution is 0.612. The molecule has 1 aromatic heterocycles. The molecule has 3 N–H and O–H groups in total. The second-order valence-electron chi connectivity index (χ2n) is 3.18. The van der Waals surface area contributed by atoms with Crippen LogP contribution in [0.5, 0.6) is 0 Å². The number of aromatic nitrogens is 1. The van der Waals surface area contributed by atoms with Gasteiger partial charge in [-0.1, -0.05) is 0 Å². The molecule has 1 heterocycles. The van der Waals surface area contributed by atoms with Gasteiger partial charge < -0.3 is 5.73 Å². The van der Waals surface area contributed by atoms with Crippen LogP contribution in [0.25, 0.3) is 0 Å². The van der Waals surface area contributed by atoms with E-state index in [1.165, 1.54) is 16.7 Å². The first-order valence-electron chi connectivity index (χ1n) is 4.27. The van der Waals surface area contributed by atoms with Crippen LogP contribution in [0.4, 0.5) is 4.39 Å². The van der Waals surface area contributed by atoms with Gasteiger partial charge in [0.2, 0.25) is 5.96 Å². The molecule has 14 heavy (non-hydrogen) atoms. The number of hydrogen-bond acceptors (Lipinski definition) is 2. The zero-order chi connectivity index (χ0) is 10.7. The molecule has 0 aliphatic rings. The van der Waals surface area contributed by atoms with E-state index in [-0.39, 0.29) is 17.5 Å². The van der Waals surface area contributed by atoms with Gasteiger partial charge in [-0.05, 0) is 26.0 Å². The first-order chi connectivity index (χ1) is 6.50. The van der Waals surface area contributed by atoms with E-state index in [9.17, 15) is 4.39 Å². The Morgan fingerprint density at radius 2 is 2.21 bits per heavy atom. The summed E-state index contributed by atoms with van der Waals surface area (Å²) in [5, 5.41) is 7.48. The lowest BCUT2D eigenvalue weighted by Gasteiger charge is -2.06. The van der Waals surface area contributed by atoms with Crippen molar-refractivity contribution in [3.05, 3.63) is 29.6 Å². The Morgan fingerprint density at radius 1 is 1.57 bits per heavy atom. The Kier molecular flexibility index (Phi) is 3.01. The molecular formula is C9H13FN4. The molecular weight excluding hydrogens is 183 g/mol. The first kappa shape index (κ1) is 10.4. The molecule has 0 fully saturated rings. The highest BCUT2D eigenvalue weighted by atomic mass is 19.1. The van der Waals surface area contributed by atoms with Gasteiger partial charge in [-0.3, -0.25) is 9.98 Å². The molecule has 1 rings (SSSR count). The van der Waals surface area contributed by atoms with E-state index in [0.717, 1.165) is 6.20 Å². The molecule has 0 amide bonds. The molecule has 4 nitrogen and oxygen atoms in total. The van der Waals surface area contributed by atoms with E-state index in [1.54, 1.807) is 0 Å². The third-order valence-corrected chi connectivity index (χ3v) is 1.55. The van der Waals surface area contributed by atoms with Crippen molar-refractivity contribution in [2.24, 2.45) is 10.7 Å². The number of aliphatic imine (C=N–C) groups is 1. The number of pyridine rings is 1. The Labute approximate surface area is 81.4 Å². The van der Waals surface area contributed by atoms with Gasteiger partial charge in [-0.15, -0.1) is 0 Å². The maximum absolute atomic E-state index is 12.8. The Balaban J connectivity index is 3.19. The summed E-state index contributed by atoms with van der Waals surface area (Å²) >= 11 is 0. The average Bonchev–Trinajstić information content (AvgIpc) is 2.08. The molecule has 0 bridgehead atoms. The van der Waals surface area contributed by atoms with E-state index in [1.807, 2.05) is 13.8 Å². The predicted octanol–water partition coefficient (Wildman–Crippen LogP) is 0.678. The fraction of sp³-hybridized carbons (Fsp3) is 0.333. The van der Waals surface area contributed by atoms with E-state index in [0.29, 0.717) is 0 Å². The van der Waals surface area contributed by atoms with Crippen LogP contribution < -0.4 is 11.2 Å². The summed E-state index contributed by atoms with van der Waals surface area (Å²) in [5.74, 6) is -0.313. The number of halogens is 1. The summed E-state index contributed by atoms with van der Waals surface area (Å²) in [6, 6.07) is 2.56. The average molecular weight is 196 g/mol.